The fourth-order valence-corrected chi connectivity index (χ4v) is 1.20. The number of hydrogen-bond acceptors (Lipinski definition) is 4. The third-order valence-electron chi connectivity index (χ3n) is 2.27. The lowest BCUT2D eigenvalue weighted by Gasteiger charge is -2.15. The first-order valence-corrected chi connectivity index (χ1v) is 4.86. The minimum Gasteiger partial charge on any atom is -0.364 e. The van der Waals surface area contributed by atoms with Crippen LogP contribution in [-0.2, 0) is 0 Å². The predicted octanol–water partition coefficient (Wildman–Crippen LogP) is 1.03. The molecule has 0 saturated carbocycles. The van der Waals surface area contributed by atoms with E-state index in [0.29, 0.717) is 11.3 Å². The van der Waals surface area contributed by atoms with Gasteiger partial charge in [-0.05, 0) is 5.92 Å². The van der Waals surface area contributed by atoms with Crippen LogP contribution in [0.3, 0.4) is 0 Å². The molecule has 5 heteroatoms. The zero-order chi connectivity index (χ0) is 11.6. The molecule has 1 aromatic rings. The van der Waals surface area contributed by atoms with Gasteiger partial charge in [-0.3, -0.25) is 4.79 Å². The summed E-state index contributed by atoms with van der Waals surface area (Å²) in [6.07, 6.45) is 1.35. The van der Waals surface area contributed by atoms with Crippen LogP contribution in [0, 0.1) is 5.92 Å². The van der Waals surface area contributed by atoms with Gasteiger partial charge >= 0.3 is 0 Å². The summed E-state index contributed by atoms with van der Waals surface area (Å²) in [4.78, 5) is 13.2. The summed E-state index contributed by atoms with van der Waals surface area (Å²) >= 11 is 0. The Morgan fingerprint density at radius 3 is 2.60 bits per heavy atom. The van der Waals surface area contributed by atoms with Crippen LogP contribution < -0.4 is 5.73 Å². The molecule has 1 unspecified atom stereocenters. The van der Waals surface area contributed by atoms with Gasteiger partial charge in [-0.1, -0.05) is 19.0 Å². The van der Waals surface area contributed by atoms with Gasteiger partial charge in [-0.2, -0.15) is 0 Å². The van der Waals surface area contributed by atoms with Gasteiger partial charge in [0.25, 0.3) is 5.91 Å². The van der Waals surface area contributed by atoms with E-state index in [-0.39, 0.29) is 17.9 Å². The molecule has 84 valence electrons. The van der Waals surface area contributed by atoms with Gasteiger partial charge in [0.05, 0.1) is 6.04 Å². The van der Waals surface area contributed by atoms with Crippen molar-refractivity contribution < 1.29 is 9.32 Å². The van der Waals surface area contributed by atoms with Crippen LogP contribution in [0.2, 0.25) is 0 Å². The Morgan fingerprint density at radius 1 is 1.53 bits per heavy atom. The lowest BCUT2D eigenvalue weighted by molar-refractivity contribution is 0.0825. The molecule has 1 amide bonds. The number of amides is 1. The largest absolute Gasteiger partial charge is 0.364 e. The van der Waals surface area contributed by atoms with Crippen molar-refractivity contribution in [2.24, 2.45) is 11.7 Å². The molecule has 15 heavy (non-hydrogen) atoms. The number of hydrogen-bond donors (Lipinski definition) is 1. The maximum absolute atomic E-state index is 11.7. The molecule has 1 rings (SSSR count). The SMILES string of the molecule is CC(C)C(N)c1nocc1C(=O)N(C)C. The van der Waals surface area contributed by atoms with Crippen molar-refractivity contribution >= 4 is 5.91 Å². The van der Waals surface area contributed by atoms with Gasteiger partial charge < -0.3 is 15.2 Å². The van der Waals surface area contributed by atoms with E-state index in [9.17, 15) is 4.79 Å². The molecule has 0 bridgehead atoms. The first-order valence-electron chi connectivity index (χ1n) is 4.86. The highest BCUT2D eigenvalue weighted by molar-refractivity contribution is 5.94. The number of nitrogens with zero attached hydrogens (tertiary/aromatic N) is 2. The Hall–Kier alpha value is -1.36. The Kier molecular flexibility index (Phi) is 3.47. The number of carbonyl (C=O) groups is 1. The van der Waals surface area contributed by atoms with Gasteiger partial charge in [-0.25, -0.2) is 0 Å². The molecule has 5 nitrogen and oxygen atoms in total. The molecular weight excluding hydrogens is 194 g/mol. The van der Waals surface area contributed by atoms with E-state index in [2.05, 4.69) is 5.16 Å². The van der Waals surface area contributed by atoms with Gasteiger partial charge in [0.1, 0.15) is 17.5 Å². The van der Waals surface area contributed by atoms with Crippen LogP contribution in [0.4, 0.5) is 0 Å². The fraction of sp³-hybridized carbons (Fsp3) is 0.600. The standard InChI is InChI=1S/C10H17N3O2/c1-6(2)8(11)9-7(5-15-12-9)10(14)13(3)4/h5-6,8H,11H2,1-4H3. The quantitative estimate of drug-likeness (QED) is 0.810. The monoisotopic (exact) mass is 211 g/mol. The zero-order valence-electron chi connectivity index (χ0n) is 9.52. The Labute approximate surface area is 89.2 Å². The Morgan fingerprint density at radius 2 is 2.13 bits per heavy atom. The Balaban J connectivity index is 3.01. The summed E-state index contributed by atoms with van der Waals surface area (Å²) in [6, 6.07) is -0.275. The number of carbonyl (C=O) groups excluding carboxylic acids is 1. The highest BCUT2D eigenvalue weighted by atomic mass is 16.5. The average Bonchev–Trinajstić information content (AvgIpc) is 2.63. The second-order valence-corrected chi connectivity index (χ2v) is 4.08. The van der Waals surface area contributed by atoms with E-state index in [1.165, 1.54) is 11.2 Å². The molecule has 0 saturated heterocycles. The maximum atomic E-state index is 11.7. The number of nitrogens with two attached hydrogens (primary N) is 1. The van der Waals surface area contributed by atoms with Crippen LogP contribution in [0.5, 0.6) is 0 Å². The first kappa shape index (κ1) is 11.7. The first-order chi connectivity index (χ1) is 6.95. The highest BCUT2D eigenvalue weighted by Crippen LogP contribution is 2.21. The third kappa shape index (κ3) is 2.36. The van der Waals surface area contributed by atoms with Gasteiger partial charge in [0.15, 0.2) is 0 Å². The number of rotatable bonds is 3. The maximum Gasteiger partial charge on any atom is 0.258 e. The second-order valence-electron chi connectivity index (χ2n) is 4.08. The smallest absolute Gasteiger partial charge is 0.258 e. The average molecular weight is 211 g/mol. The van der Waals surface area contributed by atoms with E-state index in [1.54, 1.807) is 14.1 Å². The fourth-order valence-electron chi connectivity index (χ4n) is 1.20. The number of aromatic nitrogens is 1. The summed E-state index contributed by atoms with van der Waals surface area (Å²) in [5.41, 5.74) is 6.90. The van der Waals surface area contributed by atoms with Crippen LogP contribution in [0.15, 0.2) is 10.8 Å². The van der Waals surface area contributed by atoms with E-state index < -0.39 is 0 Å². The summed E-state index contributed by atoms with van der Waals surface area (Å²) in [5, 5.41) is 3.79. The highest BCUT2D eigenvalue weighted by Gasteiger charge is 2.23. The molecule has 2 N–H and O–H groups in total. The molecule has 0 aromatic carbocycles. The molecule has 0 aliphatic heterocycles. The zero-order valence-corrected chi connectivity index (χ0v) is 9.52. The predicted molar refractivity (Wildman–Crippen MR) is 56.3 cm³/mol. The van der Waals surface area contributed by atoms with Crippen molar-refractivity contribution in [3.8, 4) is 0 Å². The third-order valence-corrected chi connectivity index (χ3v) is 2.27. The van der Waals surface area contributed by atoms with E-state index in [4.69, 9.17) is 10.3 Å². The topological polar surface area (TPSA) is 72.4 Å². The minimum atomic E-state index is -0.275. The van der Waals surface area contributed by atoms with Crippen molar-refractivity contribution in [3.05, 3.63) is 17.5 Å². The summed E-state index contributed by atoms with van der Waals surface area (Å²) in [7, 11) is 3.36. The minimum absolute atomic E-state index is 0.137. The molecule has 0 spiro atoms. The van der Waals surface area contributed by atoms with Crippen LogP contribution in [-0.4, -0.2) is 30.1 Å². The molecule has 1 atom stereocenters. The summed E-state index contributed by atoms with van der Waals surface area (Å²) in [5.74, 6) is 0.0752. The normalized spacial score (nSPS) is 12.9. The van der Waals surface area contributed by atoms with Gasteiger partial charge in [0.2, 0.25) is 0 Å². The lowest BCUT2D eigenvalue weighted by Crippen LogP contribution is -2.26. The van der Waals surface area contributed by atoms with E-state index >= 15 is 0 Å². The molecule has 1 heterocycles. The van der Waals surface area contributed by atoms with E-state index in [0.717, 1.165) is 0 Å². The van der Waals surface area contributed by atoms with Crippen molar-refractivity contribution in [3.63, 3.8) is 0 Å². The van der Waals surface area contributed by atoms with Gasteiger partial charge in [-0.15, -0.1) is 0 Å². The lowest BCUT2D eigenvalue weighted by atomic mass is 9.99. The molecule has 0 aliphatic carbocycles. The van der Waals surface area contributed by atoms with Crippen LogP contribution in [0.25, 0.3) is 0 Å². The van der Waals surface area contributed by atoms with Crippen LogP contribution in [0.1, 0.15) is 35.9 Å². The molecular formula is C10H17N3O2. The molecule has 0 fully saturated rings. The van der Waals surface area contributed by atoms with Crippen molar-refractivity contribution in [1.82, 2.24) is 10.1 Å². The van der Waals surface area contributed by atoms with Crippen LogP contribution >= 0.6 is 0 Å². The summed E-state index contributed by atoms with van der Waals surface area (Å²) < 4.78 is 4.81. The van der Waals surface area contributed by atoms with Crippen molar-refractivity contribution in [2.75, 3.05) is 14.1 Å². The molecule has 1 aromatic heterocycles. The molecule has 0 aliphatic rings. The van der Waals surface area contributed by atoms with E-state index in [1.807, 2.05) is 13.8 Å². The summed E-state index contributed by atoms with van der Waals surface area (Å²) in [6.45, 7) is 3.95. The van der Waals surface area contributed by atoms with Crippen molar-refractivity contribution in [1.29, 1.82) is 0 Å². The van der Waals surface area contributed by atoms with Gasteiger partial charge in [0, 0.05) is 14.1 Å². The van der Waals surface area contributed by atoms with Crippen molar-refractivity contribution in [2.45, 2.75) is 19.9 Å². The molecule has 0 radical (unpaired) electrons. The second kappa shape index (κ2) is 4.44. The Bertz CT molecular complexity index is 344.